The molecule has 0 saturated carbocycles. The van der Waals surface area contributed by atoms with Crippen LogP contribution in [0.1, 0.15) is 24.8 Å². The molecule has 2 aromatic heterocycles. The van der Waals surface area contributed by atoms with Gasteiger partial charge in [0, 0.05) is 25.8 Å². The van der Waals surface area contributed by atoms with Crippen LogP contribution in [0.25, 0.3) is 22.6 Å². The predicted octanol–water partition coefficient (Wildman–Crippen LogP) is 2.64. The van der Waals surface area contributed by atoms with Crippen molar-refractivity contribution in [2.24, 2.45) is 0 Å². The molecule has 0 aliphatic carbocycles. The van der Waals surface area contributed by atoms with Crippen LogP contribution in [-0.4, -0.2) is 55.9 Å². The van der Waals surface area contributed by atoms with Crippen LogP contribution in [0.2, 0.25) is 0 Å². The molecule has 8 nitrogen and oxygen atoms in total. The highest BCUT2D eigenvalue weighted by Gasteiger charge is 2.20. The summed E-state index contributed by atoms with van der Waals surface area (Å²) in [6.45, 7) is 1.36. The van der Waals surface area contributed by atoms with E-state index < -0.39 is 5.82 Å². The number of hydrogen-bond donors (Lipinski definition) is 4. The summed E-state index contributed by atoms with van der Waals surface area (Å²) in [5.41, 5.74) is 2.58. The molecule has 0 unspecified atom stereocenters. The molecule has 4 rings (SSSR count). The molecule has 4 N–H and O–H groups in total. The van der Waals surface area contributed by atoms with E-state index in [0.29, 0.717) is 33.8 Å². The SMILES string of the molecule is O=C(Nc1cn[nH]c1-c1nc2cc(F)c(CCO)cc2[nH]1)N1CCCCC1. The Morgan fingerprint density at radius 2 is 2.11 bits per heavy atom. The van der Waals surface area contributed by atoms with Gasteiger partial charge in [-0.2, -0.15) is 5.10 Å². The van der Waals surface area contributed by atoms with Gasteiger partial charge >= 0.3 is 6.03 Å². The molecule has 1 saturated heterocycles. The topological polar surface area (TPSA) is 110 Å². The summed E-state index contributed by atoms with van der Waals surface area (Å²) >= 11 is 0. The second-order valence-electron chi connectivity index (χ2n) is 6.66. The Morgan fingerprint density at radius 1 is 1.30 bits per heavy atom. The number of nitrogens with zero attached hydrogens (tertiary/aromatic N) is 3. The molecule has 0 bridgehead atoms. The number of aliphatic hydroxyl groups excluding tert-OH is 1. The Balaban J connectivity index is 1.60. The quantitative estimate of drug-likeness (QED) is 0.564. The summed E-state index contributed by atoms with van der Waals surface area (Å²) in [7, 11) is 0. The molecule has 1 aromatic carbocycles. The molecule has 0 radical (unpaired) electrons. The monoisotopic (exact) mass is 372 g/mol. The minimum absolute atomic E-state index is 0.128. The van der Waals surface area contributed by atoms with E-state index in [1.807, 2.05) is 0 Å². The first-order valence-electron chi connectivity index (χ1n) is 9.04. The number of hydrogen-bond acceptors (Lipinski definition) is 4. The van der Waals surface area contributed by atoms with Crippen molar-refractivity contribution in [3.63, 3.8) is 0 Å². The molecule has 3 aromatic rings. The van der Waals surface area contributed by atoms with E-state index in [4.69, 9.17) is 5.11 Å². The van der Waals surface area contributed by atoms with E-state index in [9.17, 15) is 9.18 Å². The zero-order valence-corrected chi connectivity index (χ0v) is 14.8. The van der Waals surface area contributed by atoms with Crippen LogP contribution in [0.4, 0.5) is 14.9 Å². The second kappa shape index (κ2) is 7.36. The lowest BCUT2D eigenvalue weighted by atomic mass is 10.1. The highest BCUT2D eigenvalue weighted by molar-refractivity contribution is 5.93. The molecule has 142 valence electrons. The molecular formula is C18H21FN6O2. The summed E-state index contributed by atoms with van der Waals surface area (Å²) in [5.74, 6) is 0.0508. The summed E-state index contributed by atoms with van der Waals surface area (Å²) in [6, 6.07) is 2.81. The average molecular weight is 372 g/mol. The standard InChI is InChI=1S/C18H21FN6O2/c19-12-9-14-13(8-11(12)4-7-26)21-17(22-14)16-15(10-20-24-16)23-18(27)25-5-2-1-3-6-25/h8-10,26H,1-7H2,(H,20,24)(H,21,22)(H,23,27). The smallest absolute Gasteiger partial charge is 0.321 e. The second-order valence-corrected chi connectivity index (χ2v) is 6.66. The number of piperidine rings is 1. The molecule has 1 fully saturated rings. The van der Waals surface area contributed by atoms with Gasteiger partial charge in [-0.25, -0.2) is 14.2 Å². The fourth-order valence-corrected chi connectivity index (χ4v) is 3.36. The van der Waals surface area contributed by atoms with Crippen LogP contribution in [0.3, 0.4) is 0 Å². The number of aliphatic hydroxyl groups is 1. The first-order chi connectivity index (χ1) is 13.2. The van der Waals surface area contributed by atoms with Gasteiger partial charge in [0.25, 0.3) is 0 Å². The largest absolute Gasteiger partial charge is 0.396 e. The third-order valence-corrected chi connectivity index (χ3v) is 4.79. The highest BCUT2D eigenvalue weighted by Crippen LogP contribution is 2.27. The molecule has 0 atom stereocenters. The molecule has 1 aliphatic heterocycles. The van der Waals surface area contributed by atoms with E-state index in [0.717, 1.165) is 32.4 Å². The molecule has 9 heteroatoms. The number of halogens is 1. The van der Waals surface area contributed by atoms with Gasteiger partial charge in [-0.15, -0.1) is 0 Å². The highest BCUT2D eigenvalue weighted by atomic mass is 19.1. The summed E-state index contributed by atoms with van der Waals surface area (Å²) in [4.78, 5) is 21.8. The number of amides is 2. The Morgan fingerprint density at radius 3 is 2.89 bits per heavy atom. The van der Waals surface area contributed by atoms with Crippen molar-refractivity contribution in [2.75, 3.05) is 25.0 Å². The van der Waals surface area contributed by atoms with Crippen LogP contribution in [0.5, 0.6) is 0 Å². The minimum atomic E-state index is -0.405. The molecule has 3 heterocycles. The number of carbonyl (C=O) groups is 1. The van der Waals surface area contributed by atoms with Crippen molar-refractivity contribution in [3.05, 3.63) is 29.7 Å². The molecule has 1 aliphatic rings. The van der Waals surface area contributed by atoms with Crippen molar-refractivity contribution in [3.8, 4) is 11.5 Å². The number of rotatable bonds is 4. The number of aromatic amines is 2. The van der Waals surface area contributed by atoms with Gasteiger partial charge < -0.3 is 20.3 Å². The third kappa shape index (κ3) is 3.50. The van der Waals surface area contributed by atoms with Crippen LogP contribution < -0.4 is 5.32 Å². The Hall–Kier alpha value is -2.94. The van der Waals surface area contributed by atoms with Gasteiger partial charge in [0.2, 0.25) is 0 Å². The van der Waals surface area contributed by atoms with Crippen LogP contribution >= 0.6 is 0 Å². The van der Waals surface area contributed by atoms with E-state index >= 15 is 0 Å². The number of imidazole rings is 1. The van der Waals surface area contributed by atoms with Crippen LogP contribution in [0.15, 0.2) is 18.3 Å². The lowest BCUT2D eigenvalue weighted by Gasteiger charge is -2.26. The fraction of sp³-hybridized carbons (Fsp3) is 0.389. The maximum Gasteiger partial charge on any atom is 0.321 e. The lowest BCUT2D eigenvalue weighted by Crippen LogP contribution is -2.38. The predicted molar refractivity (Wildman–Crippen MR) is 98.9 cm³/mol. The van der Waals surface area contributed by atoms with E-state index in [1.54, 1.807) is 11.0 Å². The van der Waals surface area contributed by atoms with Gasteiger partial charge in [-0.3, -0.25) is 5.10 Å². The minimum Gasteiger partial charge on any atom is -0.396 e. The number of likely N-dealkylation sites (tertiary alicyclic amines) is 1. The lowest BCUT2D eigenvalue weighted by molar-refractivity contribution is 0.200. The van der Waals surface area contributed by atoms with Gasteiger partial charge in [0.1, 0.15) is 11.5 Å². The Labute approximate surface area is 154 Å². The van der Waals surface area contributed by atoms with Crippen molar-refractivity contribution < 1.29 is 14.3 Å². The maximum atomic E-state index is 14.1. The number of benzene rings is 1. The molecule has 0 spiro atoms. The molecule has 27 heavy (non-hydrogen) atoms. The zero-order valence-electron chi connectivity index (χ0n) is 14.8. The zero-order chi connectivity index (χ0) is 18.8. The number of H-pyrrole nitrogens is 2. The van der Waals surface area contributed by atoms with Gasteiger partial charge in [0.15, 0.2) is 5.82 Å². The van der Waals surface area contributed by atoms with Gasteiger partial charge in [0.05, 0.1) is 22.9 Å². The van der Waals surface area contributed by atoms with E-state index in [1.165, 1.54) is 12.3 Å². The van der Waals surface area contributed by atoms with Crippen molar-refractivity contribution >= 4 is 22.8 Å². The normalized spacial score (nSPS) is 14.7. The van der Waals surface area contributed by atoms with E-state index in [-0.39, 0.29) is 19.1 Å². The number of aromatic nitrogens is 4. The van der Waals surface area contributed by atoms with Crippen molar-refractivity contribution in [2.45, 2.75) is 25.7 Å². The first kappa shape index (κ1) is 17.5. The van der Waals surface area contributed by atoms with Crippen LogP contribution in [-0.2, 0) is 6.42 Å². The van der Waals surface area contributed by atoms with Crippen molar-refractivity contribution in [1.29, 1.82) is 0 Å². The Kier molecular flexibility index (Phi) is 4.76. The molecular weight excluding hydrogens is 351 g/mol. The van der Waals surface area contributed by atoms with Gasteiger partial charge in [-0.1, -0.05) is 0 Å². The summed E-state index contributed by atoms with van der Waals surface area (Å²) in [5, 5.41) is 18.8. The molecule has 2 amide bonds. The fourth-order valence-electron chi connectivity index (χ4n) is 3.36. The number of urea groups is 1. The average Bonchev–Trinajstić information content (AvgIpc) is 3.29. The van der Waals surface area contributed by atoms with Crippen molar-refractivity contribution in [1.82, 2.24) is 25.1 Å². The van der Waals surface area contributed by atoms with Gasteiger partial charge in [-0.05, 0) is 37.3 Å². The third-order valence-electron chi connectivity index (χ3n) is 4.79. The van der Waals surface area contributed by atoms with E-state index in [2.05, 4.69) is 25.5 Å². The Bertz CT molecular complexity index is 960. The first-order valence-corrected chi connectivity index (χ1v) is 9.04. The number of carbonyl (C=O) groups excluding carboxylic acids is 1. The summed E-state index contributed by atoms with van der Waals surface area (Å²) in [6.07, 6.45) is 4.93. The summed E-state index contributed by atoms with van der Waals surface area (Å²) < 4.78 is 14.1. The number of fused-ring (bicyclic) bond motifs is 1. The maximum absolute atomic E-state index is 14.1. The number of anilines is 1. The number of nitrogens with one attached hydrogen (secondary N) is 3. The van der Waals surface area contributed by atoms with Crippen LogP contribution in [0, 0.1) is 5.82 Å².